The molecule has 0 bridgehead atoms. The Balaban J connectivity index is 1.32. The van der Waals surface area contributed by atoms with Crippen LogP contribution in [0.15, 0.2) is 48.7 Å². The van der Waals surface area contributed by atoms with Crippen molar-refractivity contribution in [3.63, 3.8) is 0 Å². The van der Waals surface area contributed by atoms with Crippen molar-refractivity contribution in [2.45, 2.75) is 65.1 Å². The standard InChI is InChI=1S/C31H39N3O5/c1-4-38-30(35)21-32-16-15-26-24(8-5-9-27(26)32)20-34-22(2)14-17-33(31(34)36)25-12-13-28(37-3)29(19-25)39-18-6-7-23-10-11-23/h5,8-9,12-13,15-16,19,22-23H,4,6-7,10-11,14,17-18,20-21H2,1-3H3/t22-/m0/s1. The minimum Gasteiger partial charge on any atom is -0.493 e. The molecule has 1 aliphatic heterocycles. The molecule has 1 aromatic heterocycles. The lowest BCUT2D eigenvalue weighted by molar-refractivity contribution is -0.143. The number of methoxy groups -OCH3 is 1. The lowest BCUT2D eigenvalue weighted by Crippen LogP contribution is -2.53. The molecule has 2 fully saturated rings. The van der Waals surface area contributed by atoms with Crippen LogP contribution in [0.1, 0.15) is 51.5 Å². The number of amides is 2. The normalized spacial score (nSPS) is 17.5. The van der Waals surface area contributed by atoms with Gasteiger partial charge >= 0.3 is 12.0 Å². The van der Waals surface area contributed by atoms with E-state index in [1.807, 2.05) is 57.0 Å². The first kappa shape index (κ1) is 26.9. The van der Waals surface area contributed by atoms with Gasteiger partial charge in [-0.25, -0.2) is 4.79 Å². The molecular formula is C31H39N3O5. The number of hydrogen-bond donors (Lipinski definition) is 0. The van der Waals surface area contributed by atoms with E-state index < -0.39 is 0 Å². The monoisotopic (exact) mass is 533 g/mol. The largest absolute Gasteiger partial charge is 0.493 e. The van der Waals surface area contributed by atoms with Crippen molar-refractivity contribution in [1.29, 1.82) is 0 Å². The number of ether oxygens (including phenoxy) is 3. The molecule has 2 aliphatic rings. The summed E-state index contributed by atoms with van der Waals surface area (Å²) in [5.41, 5.74) is 2.81. The van der Waals surface area contributed by atoms with Gasteiger partial charge in [-0.1, -0.05) is 25.0 Å². The van der Waals surface area contributed by atoms with Crippen LogP contribution in [-0.4, -0.2) is 54.4 Å². The summed E-state index contributed by atoms with van der Waals surface area (Å²) in [5.74, 6) is 1.97. The van der Waals surface area contributed by atoms with Crippen LogP contribution in [-0.2, 0) is 22.6 Å². The van der Waals surface area contributed by atoms with Crippen LogP contribution < -0.4 is 14.4 Å². The minimum atomic E-state index is -0.262. The quantitative estimate of drug-likeness (QED) is 0.211. The third kappa shape index (κ3) is 6.15. The number of benzene rings is 2. The SMILES string of the molecule is CCOC(=O)Cn1ccc2c(CN3C(=O)N(c4ccc(OC)c(OCCCC5CC5)c4)CC[C@@H]3C)cccc21. The van der Waals surface area contributed by atoms with Crippen LogP contribution >= 0.6 is 0 Å². The summed E-state index contributed by atoms with van der Waals surface area (Å²) in [6.45, 7) is 6.20. The molecular weight excluding hydrogens is 494 g/mol. The Labute approximate surface area is 230 Å². The zero-order valence-corrected chi connectivity index (χ0v) is 23.2. The molecule has 0 radical (unpaired) electrons. The molecule has 1 atom stereocenters. The van der Waals surface area contributed by atoms with Gasteiger partial charge in [0.25, 0.3) is 0 Å². The van der Waals surface area contributed by atoms with Crippen molar-refractivity contribution in [3.8, 4) is 11.5 Å². The second-order valence-corrected chi connectivity index (χ2v) is 10.6. The van der Waals surface area contributed by atoms with Gasteiger partial charge in [0.05, 0.1) is 20.3 Å². The molecule has 0 N–H and O–H groups in total. The smallest absolute Gasteiger partial charge is 0.325 e. The highest BCUT2D eigenvalue weighted by molar-refractivity contribution is 5.94. The lowest BCUT2D eigenvalue weighted by atomic mass is 10.1. The molecule has 2 aromatic carbocycles. The fraction of sp³-hybridized carbons (Fsp3) is 0.484. The number of nitrogens with zero attached hydrogens (tertiary/aromatic N) is 3. The van der Waals surface area contributed by atoms with Gasteiger partial charge in [0.1, 0.15) is 6.54 Å². The number of fused-ring (bicyclic) bond motifs is 1. The first-order chi connectivity index (χ1) is 19.0. The Morgan fingerprint density at radius 3 is 2.69 bits per heavy atom. The van der Waals surface area contributed by atoms with E-state index in [2.05, 4.69) is 13.0 Å². The number of carbonyl (C=O) groups excluding carboxylic acids is 2. The molecule has 2 heterocycles. The predicted molar refractivity (Wildman–Crippen MR) is 151 cm³/mol. The maximum Gasteiger partial charge on any atom is 0.325 e. The first-order valence-electron chi connectivity index (χ1n) is 14.1. The van der Waals surface area contributed by atoms with Crippen molar-refractivity contribution in [3.05, 3.63) is 54.2 Å². The Morgan fingerprint density at radius 1 is 1.08 bits per heavy atom. The molecule has 1 aliphatic carbocycles. The van der Waals surface area contributed by atoms with E-state index >= 15 is 0 Å². The molecule has 0 spiro atoms. The Bertz CT molecular complexity index is 1310. The van der Waals surface area contributed by atoms with E-state index in [9.17, 15) is 9.59 Å². The highest BCUT2D eigenvalue weighted by atomic mass is 16.5. The number of urea groups is 1. The third-order valence-electron chi connectivity index (χ3n) is 7.80. The highest BCUT2D eigenvalue weighted by Crippen LogP contribution is 2.36. The molecule has 1 saturated carbocycles. The zero-order valence-electron chi connectivity index (χ0n) is 23.2. The van der Waals surface area contributed by atoms with Crippen molar-refractivity contribution in [2.75, 3.05) is 31.8 Å². The second-order valence-electron chi connectivity index (χ2n) is 10.6. The molecule has 3 aromatic rings. The van der Waals surface area contributed by atoms with Gasteiger partial charge in [0.15, 0.2) is 11.5 Å². The van der Waals surface area contributed by atoms with Crippen LogP contribution in [0.2, 0.25) is 0 Å². The molecule has 2 amide bonds. The van der Waals surface area contributed by atoms with Crippen LogP contribution in [0.5, 0.6) is 11.5 Å². The summed E-state index contributed by atoms with van der Waals surface area (Å²) < 4.78 is 18.7. The van der Waals surface area contributed by atoms with E-state index in [1.165, 1.54) is 19.3 Å². The molecule has 0 unspecified atom stereocenters. The summed E-state index contributed by atoms with van der Waals surface area (Å²) in [5, 5.41) is 1.03. The van der Waals surface area contributed by atoms with E-state index in [-0.39, 0.29) is 24.6 Å². The maximum absolute atomic E-state index is 13.8. The lowest BCUT2D eigenvalue weighted by Gasteiger charge is -2.40. The minimum absolute atomic E-state index is 0.0263. The maximum atomic E-state index is 13.8. The van der Waals surface area contributed by atoms with Gasteiger partial charge in [-0.3, -0.25) is 9.69 Å². The van der Waals surface area contributed by atoms with Crippen molar-refractivity contribution in [2.24, 2.45) is 5.92 Å². The number of hydrogen-bond acceptors (Lipinski definition) is 5. The number of esters is 1. The van der Waals surface area contributed by atoms with Gasteiger partial charge in [-0.2, -0.15) is 0 Å². The van der Waals surface area contributed by atoms with Gasteiger partial charge < -0.3 is 23.7 Å². The topological polar surface area (TPSA) is 73.2 Å². The second kappa shape index (κ2) is 12.0. The molecule has 8 nitrogen and oxygen atoms in total. The molecule has 39 heavy (non-hydrogen) atoms. The average Bonchev–Trinajstić information content (AvgIpc) is 3.68. The van der Waals surface area contributed by atoms with Crippen molar-refractivity contribution >= 4 is 28.6 Å². The molecule has 1 saturated heterocycles. The Kier molecular flexibility index (Phi) is 8.29. The molecule has 208 valence electrons. The number of carbonyl (C=O) groups is 2. The fourth-order valence-electron chi connectivity index (χ4n) is 5.37. The predicted octanol–water partition coefficient (Wildman–Crippen LogP) is 6.00. The van der Waals surface area contributed by atoms with Crippen LogP contribution in [0.3, 0.4) is 0 Å². The third-order valence-corrected chi connectivity index (χ3v) is 7.80. The number of aromatic nitrogens is 1. The van der Waals surface area contributed by atoms with E-state index in [0.717, 1.165) is 40.9 Å². The van der Waals surface area contributed by atoms with Crippen LogP contribution in [0, 0.1) is 5.92 Å². The number of anilines is 1. The van der Waals surface area contributed by atoms with Crippen LogP contribution in [0.4, 0.5) is 10.5 Å². The van der Waals surface area contributed by atoms with Crippen molar-refractivity contribution in [1.82, 2.24) is 9.47 Å². The van der Waals surface area contributed by atoms with Gasteiger partial charge in [-0.05, 0) is 68.9 Å². The summed E-state index contributed by atoms with van der Waals surface area (Å²) in [6.07, 6.45) is 7.69. The summed E-state index contributed by atoms with van der Waals surface area (Å²) in [6, 6.07) is 13.9. The molecule has 8 heteroatoms. The Hall–Kier alpha value is -3.68. The summed E-state index contributed by atoms with van der Waals surface area (Å²) in [4.78, 5) is 29.7. The first-order valence-corrected chi connectivity index (χ1v) is 14.1. The van der Waals surface area contributed by atoms with Gasteiger partial charge in [0, 0.05) is 48.0 Å². The number of rotatable bonds is 12. The zero-order chi connectivity index (χ0) is 27.4. The van der Waals surface area contributed by atoms with Gasteiger partial charge in [0.2, 0.25) is 0 Å². The molecule has 5 rings (SSSR count). The fourth-order valence-corrected chi connectivity index (χ4v) is 5.37. The van der Waals surface area contributed by atoms with E-state index in [4.69, 9.17) is 14.2 Å². The Morgan fingerprint density at radius 2 is 1.92 bits per heavy atom. The van der Waals surface area contributed by atoms with Crippen molar-refractivity contribution < 1.29 is 23.8 Å². The highest BCUT2D eigenvalue weighted by Gasteiger charge is 2.32. The van der Waals surface area contributed by atoms with E-state index in [0.29, 0.717) is 37.8 Å². The summed E-state index contributed by atoms with van der Waals surface area (Å²) in [7, 11) is 1.64. The van der Waals surface area contributed by atoms with Gasteiger partial charge in [-0.15, -0.1) is 0 Å². The average molecular weight is 534 g/mol. The summed E-state index contributed by atoms with van der Waals surface area (Å²) >= 11 is 0. The van der Waals surface area contributed by atoms with Crippen LogP contribution in [0.25, 0.3) is 10.9 Å². The van der Waals surface area contributed by atoms with E-state index in [1.54, 1.807) is 14.0 Å².